The van der Waals surface area contributed by atoms with Crippen LogP contribution >= 0.6 is 23.1 Å². The Morgan fingerprint density at radius 2 is 2.05 bits per heavy atom. The Morgan fingerprint density at radius 3 is 2.74 bits per heavy atom. The van der Waals surface area contributed by atoms with E-state index in [4.69, 9.17) is 0 Å². The summed E-state index contributed by atoms with van der Waals surface area (Å²) in [7, 11) is 0. The Balaban J connectivity index is 1.84. The first-order valence-corrected chi connectivity index (χ1v) is 8.05. The molecular weight excluding hydrogens is 279 g/mol. The molecule has 0 saturated heterocycles. The van der Waals surface area contributed by atoms with Crippen LogP contribution in [-0.2, 0) is 12.3 Å². The Morgan fingerprint density at radius 1 is 1.32 bits per heavy atom. The van der Waals surface area contributed by atoms with Gasteiger partial charge in [-0.3, -0.25) is 0 Å². The largest absolute Gasteiger partial charge is 0.309 e. The Labute approximate surface area is 121 Å². The third-order valence-corrected chi connectivity index (χ3v) is 4.57. The molecule has 2 nitrogen and oxygen atoms in total. The number of aromatic nitrogens is 1. The van der Waals surface area contributed by atoms with Gasteiger partial charge in [-0.15, -0.1) is 23.1 Å². The van der Waals surface area contributed by atoms with Gasteiger partial charge in [0.1, 0.15) is 10.8 Å². The van der Waals surface area contributed by atoms with Crippen molar-refractivity contribution in [1.29, 1.82) is 0 Å². The highest BCUT2D eigenvalue weighted by Gasteiger charge is 2.04. The second kappa shape index (κ2) is 7.03. The fourth-order valence-electron chi connectivity index (χ4n) is 1.48. The molecule has 0 aliphatic rings. The van der Waals surface area contributed by atoms with Gasteiger partial charge in [0.15, 0.2) is 0 Å². The lowest BCUT2D eigenvalue weighted by Gasteiger charge is -2.04. The normalized spacial score (nSPS) is 11.2. The minimum atomic E-state index is -0.194. The van der Waals surface area contributed by atoms with Crippen LogP contribution in [0.5, 0.6) is 0 Å². The second-order valence-corrected chi connectivity index (χ2v) is 6.50. The molecule has 0 unspecified atom stereocenters. The molecule has 0 saturated carbocycles. The summed E-state index contributed by atoms with van der Waals surface area (Å²) in [5.41, 5.74) is 1.09. The predicted octanol–water partition coefficient (Wildman–Crippen LogP) is 4.07. The predicted molar refractivity (Wildman–Crippen MR) is 80.1 cm³/mol. The average Bonchev–Trinajstić information content (AvgIpc) is 2.84. The molecular formula is C14H17FN2S2. The van der Waals surface area contributed by atoms with Crippen molar-refractivity contribution in [3.63, 3.8) is 0 Å². The first kappa shape index (κ1) is 14.5. The van der Waals surface area contributed by atoms with Crippen molar-refractivity contribution in [2.75, 3.05) is 0 Å². The Bertz CT molecular complexity index is 508. The number of halogens is 1. The van der Waals surface area contributed by atoms with Crippen LogP contribution in [0.15, 0.2) is 34.5 Å². The standard InChI is InChI=1S/C14H17FN2S2/c1-10(2)16-7-12-8-19-14(17-12)9-18-13-5-3-11(15)4-6-13/h3-6,8,10,16H,7,9H2,1-2H3. The molecule has 102 valence electrons. The lowest BCUT2D eigenvalue weighted by Crippen LogP contribution is -2.21. The van der Waals surface area contributed by atoms with Gasteiger partial charge in [-0.1, -0.05) is 13.8 Å². The summed E-state index contributed by atoms with van der Waals surface area (Å²) < 4.78 is 12.8. The molecule has 5 heteroatoms. The molecule has 2 aromatic rings. The number of thiazole rings is 1. The molecule has 0 amide bonds. The highest BCUT2D eigenvalue weighted by atomic mass is 32.2. The summed E-state index contributed by atoms with van der Waals surface area (Å²) in [5, 5.41) is 6.55. The lowest BCUT2D eigenvalue weighted by molar-refractivity contribution is 0.582. The van der Waals surface area contributed by atoms with Crippen molar-refractivity contribution in [3.05, 3.63) is 46.2 Å². The van der Waals surface area contributed by atoms with Crippen molar-refractivity contribution in [3.8, 4) is 0 Å². The molecule has 0 aliphatic carbocycles. The summed E-state index contributed by atoms with van der Waals surface area (Å²) >= 11 is 3.36. The van der Waals surface area contributed by atoms with Gasteiger partial charge in [0.25, 0.3) is 0 Å². The van der Waals surface area contributed by atoms with Crippen LogP contribution in [0.25, 0.3) is 0 Å². The van der Waals surface area contributed by atoms with Crippen LogP contribution in [0.4, 0.5) is 4.39 Å². The van der Waals surface area contributed by atoms with E-state index in [1.807, 2.05) is 0 Å². The molecule has 1 aromatic heterocycles. The van der Waals surface area contributed by atoms with E-state index in [2.05, 4.69) is 29.5 Å². The molecule has 0 fully saturated rings. The van der Waals surface area contributed by atoms with Gasteiger partial charge in [0.05, 0.1) is 11.4 Å². The van der Waals surface area contributed by atoms with Crippen LogP contribution in [0.2, 0.25) is 0 Å². The van der Waals surface area contributed by atoms with Gasteiger partial charge in [0, 0.05) is 22.9 Å². The van der Waals surface area contributed by atoms with E-state index in [9.17, 15) is 4.39 Å². The van der Waals surface area contributed by atoms with Gasteiger partial charge >= 0.3 is 0 Å². The molecule has 0 atom stereocenters. The van der Waals surface area contributed by atoms with Crippen LogP contribution in [0.1, 0.15) is 24.5 Å². The third-order valence-electron chi connectivity index (χ3n) is 2.47. The molecule has 1 heterocycles. The number of thioether (sulfide) groups is 1. The molecule has 0 bridgehead atoms. The smallest absolute Gasteiger partial charge is 0.123 e. The summed E-state index contributed by atoms with van der Waals surface area (Å²) in [6.45, 7) is 5.06. The highest BCUT2D eigenvalue weighted by Crippen LogP contribution is 2.24. The van der Waals surface area contributed by atoms with Gasteiger partial charge < -0.3 is 5.32 Å². The SMILES string of the molecule is CC(C)NCc1csc(CSc2ccc(F)cc2)n1. The Kier molecular flexibility index (Phi) is 5.36. The first-order valence-electron chi connectivity index (χ1n) is 6.18. The second-order valence-electron chi connectivity index (χ2n) is 4.51. The van der Waals surface area contributed by atoms with Crippen LogP contribution in [-0.4, -0.2) is 11.0 Å². The van der Waals surface area contributed by atoms with E-state index >= 15 is 0 Å². The van der Waals surface area contributed by atoms with Gasteiger partial charge in [-0.2, -0.15) is 0 Å². The molecule has 0 aliphatic heterocycles. The van der Waals surface area contributed by atoms with Crippen molar-refractivity contribution in [2.24, 2.45) is 0 Å². The molecule has 0 radical (unpaired) electrons. The number of nitrogens with zero attached hydrogens (tertiary/aromatic N) is 1. The summed E-state index contributed by atoms with van der Waals surface area (Å²) in [4.78, 5) is 5.64. The zero-order valence-electron chi connectivity index (χ0n) is 11.0. The van der Waals surface area contributed by atoms with Gasteiger partial charge in [-0.05, 0) is 24.3 Å². The highest BCUT2D eigenvalue weighted by molar-refractivity contribution is 7.98. The van der Waals surface area contributed by atoms with E-state index in [0.717, 1.165) is 27.9 Å². The third kappa shape index (κ3) is 4.93. The van der Waals surface area contributed by atoms with Crippen molar-refractivity contribution in [2.45, 2.75) is 37.1 Å². The molecule has 0 spiro atoms. The minimum Gasteiger partial charge on any atom is -0.309 e. The maximum Gasteiger partial charge on any atom is 0.123 e. The number of hydrogen-bond acceptors (Lipinski definition) is 4. The van der Waals surface area contributed by atoms with E-state index < -0.39 is 0 Å². The first-order chi connectivity index (χ1) is 9.13. The van der Waals surface area contributed by atoms with Crippen LogP contribution in [0.3, 0.4) is 0 Å². The van der Waals surface area contributed by atoms with E-state index in [1.165, 1.54) is 12.1 Å². The quantitative estimate of drug-likeness (QED) is 0.813. The maximum atomic E-state index is 12.8. The Hall–Kier alpha value is -0.910. The maximum absolute atomic E-state index is 12.8. The number of hydrogen-bond donors (Lipinski definition) is 1. The van der Waals surface area contributed by atoms with Crippen LogP contribution in [0, 0.1) is 5.82 Å². The monoisotopic (exact) mass is 296 g/mol. The van der Waals surface area contributed by atoms with Crippen molar-refractivity contribution in [1.82, 2.24) is 10.3 Å². The van der Waals surface area contributed by atoms with Crippen molar-refractivity contribution >= 4 is 23.1 Å². The summed E-state index contributed by atoms with van der Waals surface area (Å²) in [5.74, 6) is 0.637. The van der Waals surface area contributed by atoms with Gasteiger partial charge in [-0.25, -0.2) is 9.37 Å². The van der Waals surface area contributed by atoms with Gasteiger partial charge in [0.2, 0.25) is 0 Å². The zero-order chi connectivity index (χ0) is 13.7. The lowest BCUT2D eigenvalue weighted by atomic mass is 10.4. The molecule has 19 heavy (non-hydrogen) atoms. The summed E-state index contributed by atoms with van der Waals surface area (Å²) in [6, 6.07) is 7.05. The molecule has 1 N–H and O–H groups in total. The fraction of sp³-hybridized carbons (Fsp3) is 0.357. The van der Waals surface area contributed by atoms with E-state index in [-0.39, 0.29) is 5.82 Å². The molecule has 1 aromatic carbocycles. The number of benzene rings is 1. The van der Waals surface area contributed by atoms with Crippen LogP contribution < -0.4 is 5.32 Å². The van der Waals surface area contributed by atoms with E-state index in [0.29, 0.717) is 6.04 Å². The minimum absolute atomic E-state index is 0.194. The topological polar surface area (TPSA) is 24.9 Å². The zero-order valence-corrected chi connectivity index (χ0v) is 12.7. The summed E-state index contributed by atoms with van der Waals surface area (Å²) in [6.07, 6.45) is 0. The average molecular weight is 296 g/mol. The van der Waals surface area contributed by atoms with E-state index in [1.54, 1.807) is 35.2 Å². The fourth-order valence-corrected chi connectivity index (χ4v) is 3.19. The number of nitrogens with one attached hydrogen (secondary N) is 1. The molecule has 2 rings (SSSR count). The van der Waals surface area contributed by atoms with Crippen molar-refractivity contribution < 1.29 is 4.39 Å². The number of rotatable bonds is 6.